The molecule has 0 saturated carbocycles. The Morgan fingerprint density at radius 3 is 2.95 bits per heavy atom. The smallest absolute Gasteiger partial charge is 0.251 e. The van der Waals surface area contributed by atoms with Gasteiger partial charge in [-0.1, -0.05) is 18.1 Å². The predicted octanol–water partition coefficient (Wildman–Crippen LogP) is 2.52. The molecule has 1 unspecified atom stereocenters. The highest BCUT2D eigenvalue weighted by atomic mass is 16.1. The van der Waals surface area contributed by atoms with Gasteiger partial charge in [0.1, 0.15) is 0 Å². The average molecular weight is 256 g/mol. The number of benzene rings is 1. The molecule has 0 bridgehead atoms. The number of aryl methyl sites for hydroxylation is 1. The summed E-state index contributed by atoms with van der Waals surface area (Å²) in [6.07, 6.45) is 4.52. The summed E-state index contributed by atoms with van der Waals surface area (Å²) in [4.78, 5) is 15.1. The molecule has 1 saturated heterocycles. The second-order valence-electron chi connectivity index (χ2n) is 5.57. The molecule has 19 heavy (non-hydrogen) atoms. The van der Waals surface area contributed by atoms with Crippen molar-refractivity contribution in [2.75, 3.05) is 6.54 Å². The Morgan fingerprint density at radius 1 is 1.26 bits per heavy atom. The lowest BCUT2D eigenvalue weighted by Crippen LogP contribution is -2.36. The van der Waals surface area contributed by atoms with Gasteiger partial charge >= 0.3 is 0 Å². The number of H-pyrrole nitrogens is 1. The maximum absolute atomic E-state index is 12.1. The highest BCUT2D eigenvalue weighted by Gasteiger charge is 2.15. The Hall–Kier alpha value is -1.61. The topological polar surface area (TPSA) is 44.9 Å². The van der Waals surface area contributed by atoms with Gasteiger partial charge < -0.3 is 10.3 Å². The summed E-state index contributed by atoms with van der Waals surface area (Å²) in [5.74, 6) is 0. The number of aromatic nitrogens is 1. The van der Waals surface area contributed by atoms with Crippen molar-refractivity contribution in [3.8, 4) is 0 Å². The number of nitrogens with one attached hydrogen (secondary N) is 2. The molecule has 1 aromatic carbocycles. The van der Waals surface area contributed by atoms with Gasteiger partial charge in [0.2, 0.25) is 0 Å². The minimum atomic E-state index is 0.0590. The SMILES string of the molecule is Cc1ccc2[nH]c(=O)c(CC3CCCCN3)cc2c1. The third kappa shape index (κ3) is 2.71. The molecule has 1 atom stereocenters. The van der Waals surface area contributed by atoms with Gasteiger partial charge in [0.05, 0.1) is 0 Å². The van der Waals surface area contributed by atoms with Gasteiger partial charge in [-0.25, -0.2) is 0 Å². The Kier molecular flexibility index (Phi) is 3.38. The van der Waals surface area contributed by atoms with Crippen LogP contribution in [0.1, 0.15) is 30.4 Å². The van der Waals surface area contributed by atoms with E-state index < -0.39 is 0 Å². The van der Waals surface area contributed by atoms with Crippen LogP contribution < -0.4 is 10.9 Å². The lowest BCUT2D eigenvalue weighted by atomic mass is 9.97. The van der Waals surface area contributed by atoms with Gasteiger partial charge in [-0.05, 0) is 56.3 Å². The molecule has 0 amide bonds. The van der Waals surface area contributed by atoms with Gasteiger partial charge in [0.15, 0.2) is 0 Å². The highest BCUT2D eigenvalue weighted by Crippen LogP contribution is 2.16. The Bertz CT molecular complexity index is 639. The molecule has 3 nitrogen and oxygen atoms in total. The van der Waals surface area contributed by atoms with Crippen molar-refractivity contribution in [2.24, 2.45) is 0 Å². The molecule has 1 aliphatic rings. The van der Waals surface area contributed by atoms with Gasteiger partial charge in [-0.15, -0.1) is 0 Å². The first-order valence-corrected chi connectivity index (χ1v) is 7.08. The molecule has 1 aliphatic heterocycles. The maximum atomic E-state index is 12.1. The first kappa shape index (κ1) is 12.4. The quantitative estimate of drug-likeness (QED) is 0.867. The van der Waals surface area contributed by atoms with Crippen LogP contribution in [0.5, 0.6) is 0 Å². The van der Waals surface area contributed by atoms with E-state index in [1.165, 1.54) is 24.8 Å². The van der Waals surface area contributed by atoms with Crippen LogP contribution in [0.25, 0.3) is 10.9 Å². The lowest BCUT2D eigenvalue weighted by Gasteiger charge is -2.23. The van der Waals surface area contributed by atoms with Crippen LogP contribution in [0.15, 0.2) is 29.1 Å². The molecule has 100 valence electrons. The standard InChI is InChI=1S/C16H20N2O/c1-11-5-6-15-12(8-11)9-13(16(19)18-15)10-14-4-2-3-7-17-14/h5-6,8-9,14,17H,2-4,7,10H2,1H3,(H,18,19). The third-order valence-corrected chi connectivity index (χ3v) is 3.96. The van der Waals surface area contributed by atoms with E-state index in [1.807, 2.05) is 12.1 Å². The minimum absolute atomic E-state index is 0.0590. The van der Waals surface area contributed by atoms with Gasteiger partial charge in [-0.3, -0.25) is 4.79 Å². The minimum Gasteiger partial charge on any atom is -0.322 e. The largest absolute Gasteiger partial charge is 0.322 e. The summed E-state index contributed by atoms with van der Waals surface area (Å²) in [6.45, 7) is 3.15. The fourth-order valence-electron chi connectivity index (χ4n) is 2.89. The molecule has 0 radical (unpaired) electrons. The molecule has 0 spiro atoms. The van der Waals surface area contributed by atoms with Gasteiger partial charge in [0.25, 0.3) is 5.56 Å². The van der Waals surface area contributed by atoms with Crippen molar-refractivity contribution in [1.29, 1.82) is 0 Å². The van der Waals surface area contributed by atoms with E-state index in [9.17, 15) is 4.79 Å². The van der Waals surface area contributed by atoms with E-state index >= 15 is 0 Å². The summed E-state index contributed by atoms with van der Waals surface area (Å²) < 4.78 is 0. The molecule has 3 heteroatoms. The number of aromatic amines is 1. The predicted molar refractivity (Wildman–Crippen MR) is 78.7 cm³/mol. The van der Waals surface area contributed by atoms with E-state index in [-0.39, 0.29) is 5.56 Å². The molecule has 3 rings (SSSR count). The second-order valence-corrected chi connectivity index (χ2v) is 5.57. The fourth-order valence-corrected chi connectivity index (χ4v) is 2.89. The molecule has 2 aromatic rings. The zero-order valence-electron chi connectivity index (χ0n) is 11.3. The van der Waals surface area contributed by atoms with Crippen molar-refractivity contribution in [2.45, 2.75) is 38.6 Å². The summed E-state index contributed by atoms with van der Waals surface area (Å²) in [6, 6.07) is 8.65. The van der Waals surface area contributed by atoms with E-state index in [0.29, 0.717) is 6.04 Å². The molecular formula is C16H20N2O. The molecule has 2 heterocycles. The molecule has 1 fully saturated rings. The first-order valence-electron chi connectivity index (χ1n) is 7.08. The molecule has 0 aliphatic carbocycles. The van der Waals surface area contributed by atoms with Crippen LogP contribution in [0.2, 0.25) is 0 Å². The highest BCUT2D eigenvalue weighted by molar-refractivity contribution is 5.79. The van der Waals surface area contributed by atoms with Crippen molar-refractivity contribution in [3.63, 3.8) is 0 Å². The van der Waals surface area contributed by atoms with Crippen LogP contribution >= 0.6 is 0 Å². The Labute approximate surface area is 113 Å². The van der Waals surface area contributed by atoms with Crippen LogP contribution in [0, 0.1) is 6.92 Å². The van der Waals surface area contributed by atoms with Crippen molar-refractivity contribution in [1.82, 2.24) is 10.3 Å². The maximum Gasteiger partial charge on any atom is 0.251 e. The Morgan fingerprint density at radius 2 is 2.16 bits per heavy atom. The number of rotatable bonds is 2. The summed E-state index contributed by atoms with van der Waals surface area (Å²) in [7, 11) is 0. The number of fused-ring (bicyclic) bond motifs is 1. The summed E-state index contributed by atoms with van der Waals surface area (Å²) >= 11 is 0. The monoisotopic (exact) mass is 256 g/mol. The van der Waals surface area contributed by atoms with Crippen LogP contribution in [-0.4, -0.2) is 17.6 Å². The van der Waals surface area contributed by atoms with Crippen molar-refractivity contribution in [3.05, 3.63) is 45.7 Å². The average Bonchev–Trinajstić information content (AvgIpc) is 2.41. The van der Waals surface area contributed by atoms with Crippen LogP contribution in [0.4, 0.5) is 0 Å². The lowest BCUT2D eigenvalue weighted by molar-refractivity contribution is 0.398. The number of hydrogen-bond acceptors (Lipinski definition) is 2. The molecular weight excluding hydrogens is 236 g/mol. The Balaban J connectivity index is 1.93. The van der Waals surface area contributed by atoms with Crippen LogP contribution in [-0.2, 0) is 6.42 Å². The zero-order valence-corrected chi connectivity index (χ0v) is 11.3. The first-order chi connectivity index (χ1) is 9.22. The number of piperidine rings is 1. The van der Waals surface area contributed by atoms with Crippen molar-refractivity contribution < 1.29 is 0 Å². The normalized spacial score (nSPS) is 19.7. The van der Waals surface area contributed by atoms with Gasteiger partial charge in [-0.2, -0.15) is 0 Å². The van der Waals surface area contributed by atoms with E-state index in [0.717, 1.165) is 29.4 Å². The second kappa shape index (κ2) is 5.17. The molecule has 2 N–H and O–H groups in total. The van der Waals surface area contributed by atoms with E-state index in [1.54, 1.807) is 0 Å². The number of pyridine rings is 1. The zero-order chi connectivity index (χ0) is 13.2. The van der Waals surface area contributed by atoms with Crippen molar-refractivity contribution >= 4 is 10.9 Å². The third-order valence-electron chi connectivity index (χ3n) is 3.96. The summed E-state index contributed by atoms with van der Waals surface area (Å²) in [5, 5.41) is 4.63. The summed E-state index contributed by atoms with van der Waals surface area (Å²) in [5.41, 5.74) is 3.11. The van der Waals surface area contributed by atoms with Gasteiger partial charge in [0, 0.05) is 17.1 Å². The van der Waals surface area contributed by atoms with E-state index in [2.05, 4.69) is 29.4 Å². The van der Waals surface area contributed by atoms with E-state index in [4.69, 9.17) is 0 Å². The number of hydrogen-bond donors (Lipinski definition) is 2. The fraction of sp³-hybridized carbons (Fsp3) is 0.438. The van der Waals surface area contributed by atoms with Crippen LogP contribution in [0.3, 0.4) is 0 Å². The molecule has 1 aromatic heterocycles.